The second kappa shape index (κ2) is 6.54. The highest BCUT2D eigenvalue weighted by molar-refractivity contribution is 5.90. The third-order valence-corrected chi connectivity index (χ3v) is 4.51. The van der Waals surface area contributed by atoms with Crippen LogP contribution in [0.1, 0.15) is 22.8 Å². The van der Waals surface area contributed by atoms with Gasteiger partial charge >= 0.3 is 0 Å². The third-order valence-electron chi connectivity index (χ3n) is 4.51. The normalized spacial score (nSPS) is 11.7. The van der Waals surface area contributed by atoms with E-state index in [4.69, 9.17) is 0 Å². The van der Waals surface area contributed by atoms with Crippen LogP contribution in [0.15, 0.2) is 48.8 Å². The average molecular weight is 357 g/mol. The van der Waals surface area contributed by atoms with Gasteiger partial charge in [-0.05, 0) is 61.9 Å². The van der Waals surface area contributed by atoms with Crippen molar-refractivity contribution in [3.63, 3.8) is 0 Å². The molecule has 0 aliphatic rings. The lowest BCUT2D eigenvalue weighted by Crippen LogP contribution is -1.98. The molecule has 3 heterocycles. The van der Waals surface area contributed by atoms with Gasteiger partial charge in [0.2, 0.25) is 0 Å². The van der Waals surface area contributed by atoms with Crippen LogP contribution in [0.2, 0.25) is 0 Å². The van der Waals surface area contributed by atoms with Crippen molar-refractivity contribution in [2.45, 2.75) is 13.8 Å². The van der Waals surface area contributed by atoms with Crippen LogP contribution < -0.4 is 0 Å². The number of fused-ring (bicyclic) bond motifs is 1. The quantitative estimate of drug-likeness (QED) is 0.546. The van der Waals surface area contributed by atoms with Gasteiger partial charge in [-0.3, -0.25) is 4.98 Å². The Bertz CT molecular complexity index is 1210. The fraction of sp³-hybridized carbons (Fsp3) is 0.0952. The SMILES string of the molecule is Cc1cc(/C=C(/C#N)c2nc3ccc(F)cc3[nH]2)c(C)n1-c1ccncc1. The average Bonchev–Trinajstić information content (AvgIpc) is 3.20. The summed E-state index contributed by atoms with van der Waals surface area (Å²) in [7, 11) is 0. The molecule has 5 nitrogen and oxygen atoms in total. The van der Waals surface area contributed by atoms with Crippen LogP contribution >= 0.6 is 0 Å². The van der Waals surface area contributed by atoms with Gasteiger partial charge in [-0.15, -0.1) is 0 Å². The summed E-state index contributed by atoms with van der Waals surface area (Å²) in [6, 6.07) is 12.4. The minimum absolute atomic E-state index is 0.346. The molecule has 27 heavy (non-hydrogen) atoms. The lowest BCUT2D eigenvalue weighted by atomic mass is 10.1. The first-order valence-electron chi connectivity index (χ1n) is 8.43. The molecule has 0 bridgehead atoms. The van der Waals surface area contributed by atoms with Crippen LogP contribution in [-0.4, -0.2) is 19.5 Å². The van der Waals surface area contributed by atoms with Gasteiger partial charge in [-0.1, -0.05) is 0 Å². The number of nitriles is 1. The first-order valence-corrected chi connectivity index (χ1v) is 8.43. The molecule has 0 saturated carbocycles. The van der Waals surface area contributed by atoms with Crippen molar-refractivity contribution in [3.8, 4) is 11.8 Å². The van der Waals surface area contributed by atoms with E-state index < -0.39 is 0 Å². The van der Waals surface area contributed by atoms with Gasteiger partial charge in [0.15, 0.2) is 0 Å². The zero-order valence-electron chi connectivity index (χ0n) is 14.9. The number of hydrogen-bond acceptors (Lipinski definition) is 3. The number of nitrogens with zero attached hydrogens (tertiary/aromatic N) is 4. The van der Waals surface area contributed by atoms with Crippen LogP contribution in [0.25, 0.3) is 28.4 Å². The summed E-state index contributed by atoms with van der Waals surface area (Å²) in [6.07, 6.45) is 5.30. The number of allylic oxidation sites excluding steroid dienone is 1. The maximum atomic E-state index is 13.4. The lowest BCUT2D eigenvalue weighted by molar-refractivity contribution is 0.629. The standard InChI is InChI=1S/C21H16FN5/c1-13-9-15(14(2)27(13)18-5-7-24-8-6-18)10-16(12-23)21-25-19-4-3-17(22)11-20(19)26-21/h3-11H,1-2H3,(H,25,26)/b16-10-. The first kappa shape index (κ1) is 16.7. The van der Waals surface area contributed by atoms with Crippen LogP contribution in [0.3, 0.4) is 0 Å². The van der Waals surface area contributed by atoms with Gasteiger partial charge in [0.1, 0.15) is 17.7 Å². The highest BCUT2D eigenvalue weighted by Crippen LogP contribution is 2.25. The summed E-state index contributed by atoms with van der Waals surface area (Å²) >= 11 is 0. The number of aromatic amines is 1. The van der Waals surface area contributed by atoms with E-state index in [9.17, 15) is 9.65 Å². The number of aromatic nitrogens is 4. The Balaban J connectivity index is 1.80. The van der Waals surface area contributed by atoms with Gasteiger partial charge in [-0.2, -0.15) is 5.26 Å². The molecule has 132 valence electrons. The summed E-state index contributed by atoms with van der Waals surface area (Å²) in [5.41, 5.74) is 5.57. The Morgan fingerprint density at radius 2 is 1.96 bits per heavy atom. The molecule has 0 fully saturated rings. The molecule has 4 aromatic rings. The molecular weight excluding hydrogens is 341 g/mol. The number of imidazole rings is 1. The molecule has 0 unspecified atom stereocenters. The molecule has 0 radical (unpaired) electrons. The summed E-state index contributed by atoms with van der Waals surface area (Å²) in [5.74, 6) is 0.0768. The summed E-state index contributed by atoms with van der Waals surface area (Å²) in [6.45, 7) is 4.02. The molecule has 0 aliphatic carbocycles. The predicted octanol–water partition coefficient (Wildman–Crippen LogP) is 4.57. The molecule has 0 spiro atoms. The van der Waals surface area contributed by atoms with Crippen molar-refractivity contribution >= 4 is 22.7 Å². The lowest BCUT2D eigenvalue weighted by Gasteiger charge is -2.08. The van der Waals surface area contributed by atoms with Crippen LogP contribution in [0.5, 0.6) is 0 Å². The zero-order valence-corrected chi connectivity index (χ0v) is 14.9. The zero-order chi connectivity index (χ0) is 19.0. The molecule has 4 rings (SSSR count). The molecule has 0 atom stereocenters. The molecular formula is C21H16FN5. The number of pyridine rings is 1. The largest absolute Gasteiger partial charge is 0.337 e. The topological polar surface area (TPSA) is 70.3 Å². The van der Waals surface area contributed by atoms with Crippen LogP contribution in [0, 0.1) is 31.0 Å². The van der Waals surface area contributed by atoms with Crippen molar-refractivity contribution < 1.29 is 4.39 Å². The highest BCUT2D eigenvalue weighted by Gasteiger charge is 2.13. The molecule has 0 aliphatic heterocycles. The van der Waals surface area contributed by atoms with Crippen LogP contribution in [-0.2, 0) is 0 Å². The monoisotopic (exact) mass is 357 g/mol. The maximum Gasteiger partial charge on any atom is 0.149 e. The maximum absolute atomic E-state index is 13.4. The van der Waals surface area contributed by atoms with Gasteiger partial charge in [0.05, 0.1) is 16.6 Å². The van der Waals surface area contributed by atoms with Crippen molar-refractivity contribution in [1.82, 2.24) is 19.5 Å². The molecule has 3 aromatic heterocycles. The van der Waals surface area contributed by atoms with Gasteiger partial charge in [0.25, 0.3) is 0 Å². The molecule has 6 heteroatoms. The van der Waals surface area contributed by atoms with Crippen molar-refractivity contribution in [2.75, 3.05) is 0 Å². The third kappa shape index (κ3) is 3.00. The first-order chi connectivity index (χ1) is 13.1. The summed E-state index contributed by atoms with van der Waals surface area (Å²) < 4.78 is 15.5. The number of H-pyrrole nitrogens is 1. The number of rotatable bonds is 3. The number of halogens is 1. The minimum atomic E-state index is -0.346. The number of hydrogen-bond donors (Lipinski definition) is 1. The Morgan fingerprint density at radius 3 is 2.70 bits per heavy atom. The Kier molecular flexibility index (Phi) is 4.05. The van der Waals surface area contributed by atoms with E-state index >= 15 is 0 Å². The molecule has 1 N–H and O–H groups in total. The van der Waals surface area contributed by atoms with Gasteiger partial charge in [0, 0.05) is 29.5 Å². The number of benzene rings is 1. The van der Waals surface area contributed by atoms with Crippen molar-refractivity contribution in [2.24, 2.45) is 0 Å². The molecule has 0 saturated heterocycles. The Hall–Kier alpha value is -3.72. The smallest absolute Gasteiger partial charge is 0.149 e. The van der Waals surface area contributed by atoms with E-state index in [-0.39, 0.29) is 5.82 Å². The predicted molar refractivity (Wildman–Crippen MR) is 103 cm³/mol. The van der Waals surface area contributed by atoms with E-state index in [1.54, 1.807) is 24.5 Å². The van der Waals surface area contributed by atoms with Crippen molar-refractivity contribution in [3.05, 3.63) is 77.4 Å². The number of aryl methyl sites for hydroxylation is 1. The van der Waals surface area contributed by atoms with Crippen LogP contribution in [0.4, 0.5) is 4.39 Å². The van der Waals surface area contributed by atoms with Gasteiger partial charge in [-0.25, -0.2) is 9.37 Å². The highest BCUT2D eigenvalue weighted by atomic mass is 19.1. The second-order valence-electron chi connectivity index (χ2n) is 6.28. The minimum Gasteiger partial charge on any atom is -0.337 e. The summed E-state index contributed by atoms with van der Waals surface area (Å²) in [5, 5.41) is 9.64. The van der Waals surface area contributed by atoms with E-state index in [0.29, 0.717) is 22.4 Å². The number of nitrogens with one attached hydrogen (secondary N) is 1. The van der Waals surface area contributed by atoms with Gasteiger partial charge < -0.3 is 9.55 Å². The molecule has 1 aromatic carbocycles. The van der Waals surface area contributed by atoms with E-state index in [0.717, 1.165) is 22.6 Å². The van der Waals surface area contributed by atoms with E-state index in [2.05, 4.69) is 25.6 Å². The van der Waals surface area contributed by atoms with E-state index in [1.165, 1.54) is 12.1 Å². The fourth-order valence-corrected chi connectivity index (χ4v) is 3.24. The second-order valence-corrected chi connectivity index (χ2v) is 6.28. The molecule has 0 amide bonds. The van der Waals surface area contributed by atoms with E-state index in [1.807, 2.05) is 32.0 Å². The Morgan fingerprint density at radius 1 is 1.19 bits per heavy atom. The van der Waals surface area contributed by atoms with Crippen molar-refractivity contribution in [1.29, 1.82) is 5.26 Å². The Labute approximate surface area is 155 Å². The summed E-state index contributed by atoms with van der Waals surface area (Å²) in [4.78, 5) is 11.5. The fourth-order valence-electron chi connectivity index (χ4n) is 3.24.